The largest absolute Gasteiger partial charge is 0.368 e. The van der Waals surface area contributed by atoms with Crippen LogP contribution in [0.4, 0.5) is 0 Å². The van der Waals surface area contributed by atoms with E-state index in [-0.39, 0.29) is 11.9 Å². The molecule has 82 valence electrons. The van der Waals surface area contributed by atoms with Crippen LogP contribution in [-0.4, -0.2) is 24.1 Å². The summed E-state index contributed by atoms with van der Waals surface area (Å²) in [5, 5.41) is 1.81. The molecule has 1 aliphatic heterocycles. The predicted molar refractivity (Wildman–Crippen MR) is 55.6 cm³/mol. The van der Waals surface area contributed by atoms with E-state index in [2.05, 4.69) is 6.92 Å². The number of carbonyl (C=O) groups is 1. The van der Waals surface area contributed by atoms with E-state index in [9.17, 15) is 4.79 Å². The summed E-state index contributed by atoms with van der Waals surface area (Å²) in [7, 11) is 0. The molecule has 1 saturated heterocycles. The van der Waals surface area contributed by atoms with E-state index >= 15 is 0 Å². The Hall–Kier alpha value is -0.570. The molecule has 0 spiro atoms. The fourth-order valence-electron chi connectivity index (χ4n) is 1.82. The lowest BCUT2D eigenvalue weighted by atomic mass is 10.0. The molecule has 0 unspecified atom stereocenters. The lowest BCUT2D eigenvalue weighted by molar-refractivity contribution is -0.190. The van der Waals surface area contributed by atoms with E-state index in [0.29, 0.717) is 0 Å². The molecular weight excluding hydrogens is 178 g/mol. The van der Waals surface area contributed by atoms with E-state index in [1.807, 2.05) is 6.92 Å². The van der Waals surface area contributed by atoms with Crippen LogP contribution in [0.2, 0.25) is 0 Å². The summed E-state index contributed by atoms with van der Waals surface area (Å²) in [6.07, 6.45) is 5.19. The monoisotopic (exact) mass is 199 g/mol. The van der Waals surface area contributed by atoms with Gasteiger partial charge in [0, 0.05) is 13.1 Å². The standard InChI is InChI=1S/C11H21NO2/c1-3-7-10(4-2)11(13)14-12-8-5-6-9-12/h10H,3-9H2,1-2H3/t10-/m0/s1. The summed E-state index contributed by atoms with van der Waals surface area (Å²) in [6, 6.07) is 0. The third-order valence-electron chi connectivity index (χ3n) is 2.75. The average Bonchev–Trinajstić information content (AvgIpc) is 2.66. The topological polar surface area (TPSA) is 29.5 Å². The molecule has 0 N–H and O–H groups in total. The maximum atomic E-state index is 11.7. The van der Waals surface area contributed by atoms with Crippen LogP contribution in [0.5, 0.6) is 0 Å². The van der Waals surface area contributed by atoms with Crippen molar-refractivity contribution in [3.63, 3.8) is 0 Å². The van der Waals surface area contributed by atoms with Gasteiger partial charge in [0.15, 0.2) is 0 Å². The summed E-state index contributed by atoms with van der Waals surface area (Å²) in [5.74, 6) is 0.0665. The Labute approximate surface area is 86.4 Å². The highest BCUT2D eigenvalue weighted by Crippen LogP contribution is 2.15. The molecule has 0 aromatic heterocycles. The summed E-state index contributed by atoms with van der Waals surface area (Å²) >= 11 is 0. The Morgan fingerprint density at radius 3 is 2.50 bits per heavy atom. The van der Waals surface area contributed by atoms with E-state index in [1.165, 1.54) is 0 Å². The van der Waals surface area contributed by atoms with Crippen molar-refractivity contribution in [3.8, 4) is 0 Å². The third-order valence-corrected chi connectivity index (χ3v) is 2.75. The minimum atomic E-state index is -0.0312. The van der Waals surface area contributed by atoms with Crippen molar-refractivity contribution in [3.05, 3.63) is 0 Å². The van der Waals surface area contributed by atoms with Crippen molar-refractivity contribution < 1.29 is 9.63 Å². The Balaban J connectivity index is 2.30. The molecule has 3 heteroatoms. The van der Waals surface area contributed by atoms with Crippen molar-refractivity contribution >= 4 is 5.97 Å². The number of rotatable bonds is 5. The van der Waals surface area contributed by atoms with Crippen LogP contribution in [0.15, 0.2) is 0 Å². The Bertz CT molecular complexity index is 176. The Kier molecular flexibility index (Phi) is 4.94. The van der Waals surface area contributed by atoms with Crippen LogP contribution in [-0.2, 0) is 9.63 Å². The van der Waals surface area contributed by atoms with Gasteiger partial charge < -0.3 is 4.84 Å². The van der Waals surface area contributed by atoms with Gasteiger partial charge in [0.25, 0.3) is 0 Å². The van der Waals surface area contributed by atoms with Gasteiger partial charge >= 0.3 is 5.97 Å². The SMILES string of the molecule is CCC[C@H](CC)C(=O)ON1CCCC1. The van der Waals surface area contributed by atoms with E-state index in [1.54, 1.807) is 5.06 Å². The fourth-order valence-corrected chi connectivity index (χ4v) is 1.82. The second kappa shape index (κ2) is 6.02. The number of hydroxylamine groups is 2. The summed E-state index contributed by atoms with van der Waals surface area (Å²) < 4.78 is 0. The van der Waals surface area contributed by atoms with Crippen LogP contribution in [0.25, 0.3) is 0 Å². The molecule has 1 rings (SSSR count). The second-order valence-corrected chi connectivity index (χ2v) is 3.94. The van der Waals surface area contributed by atoms with Crippen molar-refractivity contribution in [2.75, 3.05) is 13.1 Å². The molecule has 0 bridgehead atoms. The predicted octanol–water partition coefficient (Wildman–Crippen LogP) is 2.37. The maximum Gasteiger partial charge on any atom is 0.328 e. The van der Waals surface area contributed by atoms with Gasteiger partial charge in [-0.2, -0.15) is 0 Å². The van der Waals surface area contributed by atoms with Gasteiger partial charge in [0.05, 0.1) is 5.92 Å². The van der Waals surface area contributed by atoms with Crippen LogP contribution in [0, 0.1) is 5.92 Å². The van der Waals surface area contributed by atoms with Crippen LogP contribution >= 0.6 is 0 Å². The van der Waals surface area contributed by atoms with E-state index in [4.69, 9.17) is 4.84 Å². The van der Waals surface area contributed by atoms with Gasteiger partial charge in [-0.05, 0) is 25.7 Å². The zero-order chi connectivity index (χ0) is 10.4. The summed E-state index contributed by atoms with van der Waals surface area (Å²) in [5.41, 5.74) is 0. The molecule has 0 aliphatic carbocycles. The van der Waals surface area contributed by atoms with Crippen LogP contribution in [0.1, 0.15) is 46.0 Å². The fraction of sp³-hybridized carbons (Fsp3) is 0.909. The molecule has 14 heavy (non-hydrogen) atoms. The second-order valence-electron chi connectivity index (χ2n) is 3.94. The molecule has 1 fully saturated rings. The van der Waals surface area contributed by atoms with Gasteiger partial charge in [-0.3, -0.25) is 4.79 Å². The first-order chi connectivity index (χ1) is 6.77. The first-order valence-corrected chi connectivity index (χ1v) is 5.74. The molecule has 1 aliphatic rings. The van der Waals surface area contributed by atoms with Gasteiger partial charge in [-0.1, -0.05) is 20.3 Å². The zero-order valence-corrected chi connectivity index (χ0v) is 9.29. The quantitative estimate of drug-likeness (QED) is 0.680. The normalized spacial score (nSPS) is 19.6. The molecule has 0 radical (unpaired) electrons. The van der Waals surface area contributed by atoms with Crippen molar-refractivity contribution in [2.24, 2.45) is 5.92 Å². The number of hydrogen-bond donors (Lipinski definition) is 0. The molecule has 0 amide bonds. The first-order valence-electron chi connectivity index (χ1n) is 5.74. The lowest BCUT2D eigenvalue weighted by Gasteiger charge is -2.18. The first kappa shape index (κ1) is 11.5. The molecule has 0 aromatic rings. The Morgan fingerprint density at radius 2 is 2.00 bits per heavy atom. The molecule has 0 saturated carbocycles. The smallest absolute Gasteiger partial charge is 0.328 e. The molecule has 1 heterocycles. The molecule has 0 aromatic carbocycles. The van der Waals surface area contributed by atoms with Gasteiger partial charge in [-0.15, -0.1) is 5.06 Å². The van der Waals surface area contributed by atoms with Crippen LogP contribution in [0.3, 0.4) is 0 Å². The molecule has 3 nitrogen and oxygen atoms in total. The highest BCUT2D eigenvalue weighted by atomic mass is 16.7. The highest BCUT2D eigenvalue weighted by Gasteiger charge is 2.22. The van der Waals surface area contributed by atoms with Gasteiger partial charge in [0.2, 0.25) is 0 Å². The maximum absolute atomic E-state index is 11.7. The summed E-state index contributed by atoms with van der Waals surface area (Å²) in [4.78, 5) is 17.0. The van der Waals surface area contributed by atoms with Gasteiger partial charge in [-0.25, -0.2) is 0 Å². The Morgan fingerprint density at radius 1 is 1.36 bits per heavy atom. The molecular formula is C11H21NO2. The zero-order valence-electron chi connectivity index (χ0n) is 9.29. The lowest BCUT2D eigenvalue weighted by Crippen LogP contribution is -2.28. The van der Waals surface area contributed by atoms with Crippen LogP contribution < -0.4 is 0 Å². The average molecular weight is 199 g/mol. The van der Waals surface area contributed by atoms with Crippen molar-refractivity contribution in [1.29, 1.82) is 0 Å². The minimum absolute atomic E-state index is 0.0312. The number of nitrogens with zero attached hydrogens (tertiary/aromatic N) is 1. The van der Waals surface area contributed by atoms with Gasteiger partial charge in [0.1, 0.15) is 0 Å². The van der Waals surface area contributed by atoms with E-state index in [0.717, 1.165) is 45.2 Å². The van der Waals surface area contributed by atoms with E-state index < -0.39 is 0 Å². The highest BCUT2D eigenvalue weighted by molar-refractivity contribution is 5.72. The van der Waals surface area contributed by atoms with Crippen molar-refractivity contribution in [1.82, 2.24) is 5.06 Å². The van der Waals surface area contributed by atoms with Crippen molar-refractivity contribution in [2.45, 2.75) is 46.0 Å². The molecule has 1 atom stereocenters. The third kappa shape index (κ3) is 3.29. The number of hydrogen-bond acceptors (Lipinski definition) is 3. The number of carbonyl (C=O) groups excluding carboxylic acids is 1. The minimum Gasteiger partial charge on any atom is -0.368 e. The summed E-state index contributed by atoms with van der Waals surface area (Å²) in [6.45, 7) is 5.97.